The van der Waals surface area contributed by atoms with Crippen molar-refractivity contribution in [2.24, 2.45) is 0 Å². The summed E-state index contributed by atoms with van der Waals surface area (Å²) in [5, 5.41) is 19.3. The number of hydrogen-bond donors (Lipinski definition) is 0. The van der Waals surface area contributed by atoms with Crippen LogP contribution in [0.4, 0.5) is 0 Å². The molecule has 4 aromatic heterocycles. The zero-order valence-electron chi connectivity index (χ0n) is 25.5. The summed E-state index contributed by atoms with van der Waals surface area (Å²) in [7, 11) is 0. The lowest BCUT2D eigenvalue weighted by Crippen LogP contribution is -2.03. The zero-order valence-corrected chi connectivity index (χ0v) is 25.5. The van der Waals surface area contributed by atoms with Gasteiger partial charge in [0.1, 0.15) is 5.69 Å². The maximum Gasteiger partial charge on any atom is 0.165 e. The lowest BCUT2D eigenvalue weighted by atomic mass is 10.0. The second kappa shape index (κ2) is 9.16. The van der Waals surface area contributed by atoms with Crippen LogP contribution in [0.3, 0.4) is 0 Å². The van der Waals surface area contributed by atoms with E-state index < -0.39 is 0 Å². The van der Waals surface area contributed by atoms with Crippen molar-refractivity contribution < 1.29 is 0 Å². The number of fused-ring (bicyclic) bond motifs is 12. The van der Waals surface area contributed by atoms with E-state index in [2.05, 4.69) is 106 Å². The quantitative estimate of drug-likeness (QED) is 0.196. The Hall–Kier alpha value is -6.77. The summed E-state index contributed by atoms with van der Waals surface area (Å²) in [6.45, 7) is 0. The van der Waals surface area contributed by atoms with Crippen LogP contribution in [0.15, 0.2) is 140 Å². The second-order valence-electron chi connectivity index (χ2n) is 12.5. The van der Waals surface area contributed by atoms with Gasteiger partial charge in [-0.3, -0.25) is 4.57 Å². The van der Waals surface area contributed by atoms with Crippen molar-refractivity contribution in [1.82, 2.24) is 18.9 Å². The Morgan fingerprint density at radius 1 is 0.500 bits per heavy atom. The van der Waals surface area contributed by atoms with Crippen molar-refractivity contribution in [3.8, 4) is 23.1 Å². The minimum absolute atomic E-state index is 0.610. The molecule has 0 fully saturated rings. The van der Waals surface area contributed by atoms with Gasteiger partial charge in [0.15, 0.2) is 5.82 Å². The van der Waals surface area contributed by atoms with Gasteiger partial charge in [0.05, 0.1) is 50.2 Å². The highest BCUT2D eigenvalue weighted by Gasteiger charge is 2.26. The van der Waals surface area contributed by atoms with E-state index in [1.165, 1.54) is 59.6 Å². The van der Waals surface area contributed by atoms with Crippen LogP contribution >= 0.6 is 0 Å². The van der Waals surface area contributed by atoms with Crippen LogP contribution in [-0.2, 0) is 0 Å². The van der Waals surface area contributed by atoms with Crippen LogP contribution in [-0.4, -0.2) is 18.9 Å². The Morgan fingerprint density at radius 3 is 1.96 bits per heavy atom. The lowest BCUT2D eigenvalue weighted by molar-refractivity contribution is 1.08. The largest absolute Gasteiger partial charge is 0.308 e. The van der Waals surface area contributed by atoms with E-state index >= 15 is 0 Å². The average molecular weight is 610 g/mol. The predicted octanol–water partition coefficient (Wildman–Crippen LogP) is 10.6. The Labute approximate surface area is 273 Å². The zero-order chi connectivity index (χ0) is 31.5. The molecule has 0 spiro atoms. The van der Waals surface area contributed by atoms with Gasteiger partial charge in [-0.1, -0.05) is 84.9 Å². The molecule has 0 saturated heterocycles. The van der Waals surface area contributed by atoms with Crippen LogP contribution in [0.1, 0.15) is 5.56 Å². The first-order valence-corrected chi connectivity index (χ1v) is 16.1. The molecule has 0 N–H and O–H groups in total. The van der Waals surface area contributed by atoms with E-state index in [4.69, 9.17) is 9.97 Å². The molecule has 5 nitrogen and oxygen atoms in total. The van der Waals surface area contributed by atoms with Crippen LogP contribution in [0.2, 0.25) is 0 Å². The fourth-order valence-electron chi connectivity index (χ4n) is 7.97. The van der Waals surface area contributed by atoms with Crippen LogP contribution in [0, 0.1) is 11.3 Å². The van der Waals surface area contributed by atoms with E-state index in [1.54, 1.807) is 0 Å². The summed E-state index contributed by atoms with van der Waals surface area (Å²) >= 11 is 0. The molecule has 0 bridgehead atoms. The molecule has 0 unspecified atom stereocenters. The Balaban J connectivity index is 1.39. The van der Waals surface area contributed by atoms with Crippen molar-refractivity contribution >= 4 is 81.7 Å². The molecule has 0 atom stereocenters. The first-order chi connectivity index (χ1) is 23.8. The molecule has 11 aromatic rings. The number of hydrogen-bond acceptors (Lipinski definition) is 3. The number of benzene rings is 7. The van der Waals surface area contributed by atoms with Crippen molar-refractivity contribution in [2.45, 2.75) is 0 Å². The smallest absolute Gasteiger partial charge is 0.165 e. The molecule has 11 rings (SSSR count). The third-order valence-electron chi connectivity index (χ3n) is 10.0. The van der Waals surface area contributed by atoms with E-state index in [-0.39, 0.29) is 0 Å². The minimum Gasteiger partial charge on any atom is -0.308 e. The highest BCUT2D eigenvalue weighted by atomic mass is 15.1. The van der Waals surface area contributed by atoms with Gasteiger partial charge in [0, 0.05) is 37.9 Å². The van der Waals surface area contributed by atoms with Crippen LogP contribution < -0.4 is 0 Å². The van der Waals surface area contributed by atoms with Gasteiger partial charge in [-0.2, -0.15) is 5.26 Å². The fraction of sp³-hybridized carbons (Fsp3) is 0. The van der Waals surface area contributed by atoms with Gasteiger partial charge in [0.25, 0.3) is 0 Å². The fourth-order valence-corrected chi connectivity index (χ4v) is 7.97. The number of para-hydroxylation sites is 4. The normalized spacial score (nSPS) is 12.1. The van der Waals surface area contributed by atoms with E-state index in [0.29, 0.717) is 5.56 Å². The van der Waals surface area contributed by atoms with Gasteiger partial charge < -0.3 is 4.40 Å². The third-order valence-corrected chi connectivity index (χ3v) is 10.0. The predicted molar refractivity (Wildman–Crippen MR) is 196 cm³/mol. The number of aromatic nitrogens is 4. The van der Waals surface area contributed by atoms with Crippen molar-refractivity contribution in [3.05, 3.63) is 145 Å². The van der Waals surface area contributed by atoms with Gasteiger partial charge in [-0.15, -0.1) is 0 Å². The lowest BCUT2D eigenvalue weighted by Gasteiger charge is -2.14. The van der Waals surface area contributed by atoms with Gasteiger partial charge in [0.2, 0.25) is 0 Å². The summed E-state index contributed by atoms with van der Waals surface area (Å²) in [4.78, 5) is 10.6. The maximum atomic E-state index is 9.52. The van der Waals surface area contributed by atoms with Gasteiger partial charge in [-0.25, -0.2) is 9.97 Å². The molecule has 4 heterocycles. The SMILES string of the molecule is N#Cc1ccc(-c2nc3ccccc3nc2-n2c3ccccc3c3c4c5cc6ccccc6cc5n5c6ccccc6c(cc32)c45)cc1. The average Bonchev–Trinajstić information content (AvgIpc) is 3.77. The van der Waals surface area contributed by atoms with E-state index in [0.717, 1.165) is 39.1 Å². The molecule has 220 valence electrons. The standard InChI is InChI=1S/C43H23N5/c44-24-25-17-19-26(20-18-25)41-43(46-34-14-6-5-13-33(34)45-41)48-36-16-8-4-12-30(36)39-38(48)23-31-29-11-3-7-15-35(29)47-37-22-28-10-2-1-9-27(28)21-32(37)40(39)42(31)47/h1-23H. The van der Waals surface area contributed by atoms with Crippen molar-refractivity contribution in [3.63, 3.8) is 0 Å². The molecule has 5 heteroatoms. The summed E-state index contributed by atoms with van der Waals surface area (Å²) in [5.74, 6) is 0.761. The molecule has 0 amide bonds. The molecule has 0 aliphatic rings. The number of nitrogens with zero attached hydrogens (tertiary/aromatic N) is 5. The molecule has 0 saturated carbocycles. The summed E-state index contributed by atoms with van der Waals surface area (Å²) < 4.78 is 4.77. The molecule has 7 aromatic carbocycles. The van der Waals surface area contributed by atoms with Crippen LogP contribution in [0.5, 0.6) is 0 Å². The molecule has 0 aliphatic heterocycles. The summed E-state index contributed by atoms with van der Waals surface area (Å²) in [5.41, 5.74) is 9.76. The van der Waals surface area contributed by atoms with Crippen molar-refractivity contribution in [2.75, 3.05) is 0 Å². The highest BCUT2D eigenvalue weighted by molar-refractivity contribution is 6.36. The minimum atomic E-state index is 0.610. The Morgan fingerprint density at radius 2 is 1.17 bits per heavy atom. The van der Waals surface area contributed by atoms with Gasteiger partial charge >= 0.3 is 0 Å². The third kappa shape index (κ3) is 3.23. The number of rotatable bonds is 2. The van der Waals surface area contributed by atoms with Crippen molar-refractivity contribution in [1.29, 1.82) is 5.26 Å². The van der Waals surface area contributed by atoms with E-state index in [9.17, 15) is 5.26 Å². The first-order valence-electron chi connectivity index (χ1n) is 16.1. The Bertz CT molecular complexity index is 3170. The topological polar surface area (TPSA) is 58.9 Å². The molecular weight excluding hydrogens is 587 g/mol. The monoisotopic (exact) mass is 609 g/mol. The van der Waals surface area contributed by atoms with E-state index in [1.807, 2.05) is 48.5 Å². The highest BCUT2D eigenvalue weighted by Crippen LogP contribution is 2.47. The number of nitriles is 1. The molecule has 48 heavy (non-hydrogen) atoms. The Kier molecular flexibility index (Phi) is 4.85. The van der Waals surface area contributed by atoms with Crippen LogP contribution in [0.25, 0.3) is 98.8 Å². The summed E-state index contributed by atoms with van der Waals surface area (Å²) in [6.07, 6.45) is 0. The van der Waals surface area contributed by atoms with Gasteiger partial charge in [-0.05, 0) is 65.4 Å². The summed E-state index contributed by atoms with van der Waals surface area (Å²) in [6, 6.07) is 51.0. The maximum absolute atomic E-state index is 9.52. The first kappa shape index (κ1) is 25.4. The molecule has 0 radical (unpaired) electrons. The molecule has 0 aliphatic carbocycles. The molecular formula is C43H23N5. The second-order valence-corrected chi connectivity index (χ2v) is 12.5.